The molecule has 274 valence electrons. The van der Waals surface area contributed by atoms with Crippen molar-refractivity contribution in [3.8, 4) is 23.0 Å². The number of hydrogen-bond acceptors (Lipinski definition) is 7. The maximum absolute atomic E-state index is 14.1. The van der Waals surface area contributed by atoms with Gasteiger partial charge in [-0.1, -0.05) is 57.0 Å². The zero-order chi connectivity index (χ0) is 36.9. The highest BCUT2D eigenvalue weighted by atomic mass is 35.5. The number of nitrogens with one attached hydrogen (secondary N) is 3. The minimum Gasteiger partial charge on any atom is -0.491 e. The van der Waals surface area contributed by atoms with E-state index in [1.54, 1.807) is 60.4 Å². The van der Waals surface area contributed by atoms with Gasteiger partial charge in [0.2, 0.25) is 17.7 Å². The number of hydrogen-bond donors (Lipinski definition) is 3. The molecule has 1 heterocycles. The van der Waals surface area contributed by atoms with Gasteiger partial charge in [-0.15, -0.1) is 0 Å². The SMILES string of the molecule is CCCCN1CCOc2ccccc2C(=O)N[C@@H](C(=O)N[C@H](C)COc2ccc(F)cc2Oc2cccc(Cl)c2)CC(=O)N[C@H](CC(C)C)C1=O. The van der Waals surface area contributed by atoms with Crippen LogP contribution in [-0.2, 0) is 14.4 Å². The Morgan fingerprint density at radius 1 is 1.04 bits per heavy atom. The normalized spacial score (nSPS) is 17.7. The van der Waals surface area contributed by atoms with Crippen LogP contribution in [0.2, 0.25) is 5.02 Å². The molecule has 0 aromatic heterocycles. The Morgan fingerprint density at radius 3 is 2.57 bits per heavy atom. The smallest absolute Gasteiger partial charge is 0.255 e. The number of benzene rings is 3. The quantitative estimate of drug-likeness (QED) is 0.212. The van der Waals surface area contributed by atoms with Crippen molar-refractivity contribution in [2.75, 3.05) is 26.3 Å². The molecule has 0 saturated heterocycles. The third-order valence-electron chi connectivity index (χ3n) is 8.00. The van der Waals surface area contributed by atoms with Gasteiger partial charge in [-0.3, -0.25) is 19.2 Å². The number of rotatable bonds is 12. The van der Waals surface area contributed by atoms with Crippen LogP contribution in [0.25, 0.3) is 0 Å². The van der Waals surface area contributed by atoms with E-state index in [9.17, 15) is 23.6 Å². The van der Waals surface area contributed by atoms with Gasteiger partial charge in [0.1, 0.15) is 42.6 Å². The molecular formula is C38H46ClFN4O7. The third kappa shape index (κ3) is 11.9. The van der Waals surface area contributed by atoms with Crippen LogP contribution in [-0.4, -0.2) is 73.0 Å². The number of fused-ring (bicyclic) bond motifs is 1. The largest absolute Gasteiger partial charge is 0.491 e. The monoisotopic (exact) mass is 724 g/mol. The molecule has 0 bridgehead atoms. The zero-order valence-electron chi connectivity index (χ0n) is 29.4. The minimum absolute atomic E-state index is 0.0641. The van der Waals surface area contributed by atoms with Crippen LogP contribution < -0.4 is 30.2 Å². The van der Waals surface area contributed by atoms with Crippen LogP contribution in [0.4, 0.5) is 4.39 Å². The topological polar surface area (TPSA) is 135 Å². The first-order valence-corrected chi connectivity index (χ1v) is 17.6. The van der Waals surface area contributed by atoms with Crippen molar-refractivity contribution in [2.24, 2.45) is 5.92 Å². The molecule has 0 aliphatic carbocycles. The Hall–Kier alpha value is -4.84. The molecule has 4 rings (SSSR count). The highest BCUT2D eigenvalue weighted by Gasteiger charge is 2.31. The average molecular weight is 725 g/mol. The lowest BCUT2D eigenvalue weighted by Gasteiger charge is -2.30. The summed E-state index contributed by atoms with van der Waals surface area (Å²) in [6, 6.07) is 14.2. The summed E-state index contributed by atoms with van der Waals surface area (Å²) < 4.78 is 31.8. The van der Waals surface area contributed by atoms with Gasteiger partial charge in [0.15, 0.2) is 11.5 Å². The number of unbranched alkanes of at least 4 members (excludes halogenated alkanes) is 1. The van der Waals surface area contributed by atoms with Crippen LogP contribution in [0.15, 0.2) is 66.7 Å². The first-order chi connectivity index (χ1) is 24.4. The summed E-state index contributed by atoms with van der Waals surface area (Å²) in [4.78, 5) is 56.2. The van der Waals surface area contributed by atoms with Crippen molar-refractivity contribution in [2.45, 2.75) is 71.5 Å². The summed E-state index contributed by atoms with van der Waals surface area (Å²) in [6.07, 6.45) is 1.60. The van der Waals surface area contributed by atoms with Crippen LogP contribution in [0.1, 0.15) is 63.7 Å². The highest BCUT2D eigenvalue weighted by molar-refractivity contribution is 6.30. The summed E-state index contributed by atoms with van der Waals surface area (Å²) in [7, 11) is 0. The number of amides is 4. The Labute approximate surface area is 303 Å². The summed E-state index contributed by atoms with van der Waals surface area (Å²) in [5, 5.41) is 8.75. The number of para-hydroxylation sites is 1. The molecule has 11 nitrogen and oxygen atoms in total. The van der Waals surface area contributed by atoms with E-state index >= 15 is 0 Å². The summed E-state index contributed by atoms with van der Waals surface area (Å²) in [5.41, 5.74) is 0.178. The first kappa shape index (κ1) is 39.0. The van der Waals surface area contributed by atoms with Crippen LogP contribution in [0, 0.1) is 11.7 Å². The van der Waals surface area contributed by atoms with E-state index in [2.05, 4.69) is 16.0 Å². The van der Waals surface area contributed by atoms with Crippen LogP contribution in [0.3, 0.4) is 0 Å². The van der Waals surface area contributed by atoms with Crippen molar-refractivity contribution in [1.82, 2.24) is 20.9 Å². The lowest BCUT2D eigenvalue weighted by Crippen LogP contribution is -2.54. The number of carbonyl (C=O) groups excluding carboxylic acids is 4. The molecule has 0 fully saturated rings. The molecule has 1 aliphatic rings. The predicted octanol–water partition coefficient (Wildman–Crippen LogP) is 5.90. The van der Waals surface area contributed by atoms with Crippen molar-refractivity contribution < 1.29 is 37.8 Å². The van der Waals surface area contributed by atoms with Gasteiger partial charge >= 0.3 is 0 Å². The first-order valence-electron chi connectivity index (χ1n) is 17.2. The second kappa shape index (κ2) is 19.0. The van der Waals surface area contributed by atoms with E-state index in [0.29, 0.717) is 23.7 Å². The minimum atomic E-state index is -1.31. The molecule has 3 aromatic rings. The van der Waals surface area contributed by atoms with Crippen LogP contribution in [0.5, 0.6) is 23.0 Å². The number of ether oxygens (including phenoxy) is 3. The van der Waals surface area contributed by atoms with E-state index in [1.807, 2.05) is 20.8 Å². The van der Waals surface area contributed by atoms with Gasteiger partial charge in [-0.25, -0.2) is 4.39 Å². The Balaban J connectivity index is 1.52. The second-order valence-corrected chi connectivity index (χ2v) is 13.3. The second-order valence-electron chi connectivity index (χ2n) is 12.9. The summed E-state index contributed by atoms with van der Waals surface area (Å²) in [6.45, 7) is 8.45. The Kier molecular flexibility index (Phi) is 14.5. The van der Waals surface area contributed by atoms with Gasteiger partial charge in [0, 0.05) is 17.6 Å². The van der Waals surface area contributed by atoms with Gasteiger partial charge in [0.25, 0.3) is 5.91 Å². The Bertz CT molecular complexity index is 1670. The number of nitrogens with zero attached hydrogens (tertiary/aromatic N) is 1. The van der Waals surface area contributed by atoms with Crippen molar-refractivity contribution in [3.63, 3.8) is 0 Å². The fourth-order valence-electron chi connectivity index (χ4n) is 5.46. The van der Waals surface area contributed by atoms with Gasteiger partial charge in [0.05, 0.1) is 24.6 Å². The van der Waals surface area contributed by atoms with E-state index in [0.717, 1.165) is 12.8 Å². The average Bonchev–Trinajstić information content (AvgIpc) is 3.08. The predicted molar refractivity (Wildman–Crippen MR) is 192 cm³/mol. The molecule has 0 saturated carbocycles. The Morgan fingerprint density at radius 2 is 1.82 bits per heavy atom. The molecule has 1 aliphatic heterocycles. The van der Waals surface area contributed by atoms with E-state index in [1.165, 1.54) is 18.2 Å². The summed E-state index contributed by atoms with van der Waals surface area (Å²) in [5.74, 6) is -1.52. The zero-order valence-corrected chi connectivity index (χ0v) is 30.1. The molecule has 4 amide bonds. The molecule has 13 heteroatoms. The lowest BCUT2D eigenvalue weighted by atomic mass is 10.0. The summed E-state index contributed by atoms with van der Waals surface area (Å²) >= 11 is 6.06. The van der Waals surface area contributed by atoms with Crippen molar-refractivity contribution in [1.29, 1.82) is 0 Å². The molecule has 3 aromatic carbocycles. The standard InChI is InChI=1S/C38H46ClFN4O7/c1-5-6-16-44-17-18-49-32-13-8-7-12-29(32)36(46)43-30(22-35(45)42-31(38(44)48)19-24(2)3)37(47)41-25(4)23-50-33-15-14-27(40)21-34(33)51-28-11-9-10-26(39)20-28/h7-15,20-21,24-25,30-31H,5-6,16-19,22-23H2,1-4H3,(H,41,47)(H,42,45)(H,43,46)/t25-,30-,31-/m1/s1. The van der Waals surface area contributed by atoms with Crippen molar-refractivity contribution >= 4 is 35.2 Å². The molecule has 0 unspecified atom stereocenters. The fourth-order valence-corrected chi connectivity index (χ4v) is 5.64. The number of halogens is 2. The van der Waals surface area contributed by atoms with Gasteiger partial charge in [-0.2, -0.15) is 0 Å². The van der Waals surface area contributed by atoms with Gasteiger partial charge in [-0.05, 0) is 68.1 Å². The third-order valence-corrected chi connectivity index (χ3v) is 8.24. The van der Waals surface area contributed by atoms with E-state index in [-0.39, 0.29) is 54.4 Å². The van der Waals surface area contributed by atoms with E-state index in [4.69, 9.17) is 25.8 Å². The fraction of sp³-hybridized carbons (Fsp3) is 0.421. The molecule has 3 N–H and O–H groups in total. The van der Waals surface area contributed by atoms with Crippen LogP contribution >= 0.6 is 11.6 Å². The molecule has 0 radical (unpaired) electrons. The van der Waals surface area contributed by atoms with Crippen molar-refractivity contribution in [3.05, 3.63) is 83.1 Å². The maximum atomic E-state index is 14.1. The molecule has 0 spiro atoms. The number of carbonyl (C=O) groups is 4. The van der Waals surface area contributed by atoms with Gasteiger partial charge < -0.3 is 35.1 Å². The van der Waals surface area contributed by atoms with E-state index < -0.39 is 48.1 Å². The maximum Gasteiger partial charge on any atom is 0.255 e. The molecule has 3 atom stereocenters. The highest BCUT2D eigenvalue weighted by Crippen LogP contribution is 2.33. The molecular weight excluding hydrogens is 679 g/mol. The lowest BCUT2D eigenvalue weighted by molar-refractivity contribution is -0.137. The molecule has 51 heavy (non-hydrogen) atoms.